The molecule has 0 radical (unpaired) electrons. The van der Waals surface area contributed by atoms with Crippen molar-refractivity contribution in [3.63, 3.8) is 0 Å². The molecule has 1 amide bonds. The van der Waals surface area contributed by atoms with E-state index in [2.05, 4.69) is 10.5 Å². The second-order valence-corrected chi connectivity index (χ2v) is 6.45. The maximum absolute atomic E-state index is 12.2. The van der Waals surface area contributed by atoms with Crippen molar-refractivity contribution in [2.24, 2.45) is 5.10 Å². The van der Waals surface area contributed by atoms with Crippen LogP contribution in [0.3, 0.4) is 0 Å². The molecule has 1 aliphatic heterocycles. The van der Waals surface area contributed by atoms with Gasteiger partial charge in [0, 0.05) is 5.56 Å². The predicted molar refractivity (Wildman–Crippen MR) is 112 cm³/mol. The van der Waals surface area contributed by atoms with Gasteiger partial charge in [-0.1, -0.05) is 0 Å². The first-order valence-corrected chi connectivity index (χ1v) is 9.32. The molecule has 156 valence electrons. The molecule has 3 aromatic carbocycles. The number of methoxy groups -OCH3 is 1. The first-order valence-electron chi connectivity index (χ1n) is 9.32. The van der Waals surface area contributed by atoms with Crippen LogP contribution in [0.1, 0.15) is 26.3 Å². The number of hydrogen-bond donors (Lipinski definition) is 1. The van der Waals surface area contributed by atoms with Crippen LogP contribution < -0.4 is 24.4 Å². The van der Waals surface area contributed by atoms with Gasteiger partial charge >= 0.3 is 5.97 Å². The van der Waals surface area contributed by atoms with Crippen molar-refractivity contribution in [2.45, 2.75) is 0 Å². The fraction of sp³-hybridized carbons (Fsp3) is 0.0870. The summed E-state index contributed by atoms with van der Waals surface area (Å²) in [5.41, 5.74) is 3.99. The van der Waals surface area contributed by atoms with Crippen molar-refractivity contribution in [1.82, 2.24) is 5.43 Å². The SMILES string of the molecule is COc1ccc(C(=O)Oc2ccc(C=NNC(=O)c3ccc4c(c3)OCO4)cc2)cc1. The molecule has 8 heteroatoms. The molecule has 0 unspecified atom stereocenters. The Morgan fingerprint density at radius 3 is 2.32 bits per heavy atom. The molecule has 0 aromatic heterocycles. The molecule has 1 heterocycles. The summed E-state index contributed by atoms with van der Waals surface area (Å²) in [7, 11) is 1.56. The zero-order chi connectivity index (χ0) is 21.6. The molecule has 0 atom stereocenters. The smallest absolute Gasteiger partial charge is 0.343 e. The highest BCUT2D eigenvalue weighted by atomic mass is 16.7. The minimum Gasteiger partial charge on any atom is -0.497 e. The number of hydrazone groups is 1. The summed E-state index contributed by atoms with van der Waals surface area (Å²) in [5, 5.41) is 3.95. The number of hydrogen-bond acceptors (Lipinski definition) is 7. The Morgan fingerprint density at radius 1 is 0.903 bits per heavy atom. The second kappa shape index (κ2) is 9.00. The highest BCUT2D eigenvalue weighted by Crippen LogP contribution is 2.32. The first kappa shape index (κ1) is 20.0. The van der Waals surface area contributed by atoms with Gasteiger partial charge in [-0.2, -0.15) is 5.10 Å². The van der Waals surface area contributed by atoms with Gasteiger partial charge in [0.05, 0.1) is 18.9 Å². The molecule has 0 bridgehead atoms. The van der Waals surface area contributed by atoms with Crippen molar-refractivity contribution >= 4 is 18.1 Å². The van der Waals surface area contributed by atoms with E-state index in [1.54, 1.807) is 73.8 Å². The Morgan fingerprint density at radius 2 is 1.58 bits per heavy atom. The van der Waals surface area contributed by atoms with E-state index >= 15 is 0 Å². The van der Waals surface area contributed by atoms with E-state index in [0.29, 0.717) is 34.1 Å². The Labute approximate surface area is 178 Å². The van der Waals surface area contributed by atoms with Gasteiger partial charge in [-0.05, 0) is 72.3 Å². The van der Waals surface area contributed by atoms with Crippen LogP contribution in [0.2, 0.25) is 0 Å². The molecular formula is C23H18N2O6. The minimum absolute atomic E-state index is 0.143. The molecule has 1 N–H and O–H groups in total. The Hall–Kier alpha value is -4.33. The number of nitrogens with zero attached hydrogens (tertiary/aromatic N) is 1. The number of rotatable bonds is 6. The van der Waals surface area contributed by atoms with Crippen LogP contribution in [0, 0.1) is 0 Å². The van der Waals surface area contributed by atoms with Crippen molar-refractivity contribution in [3.8, 4) is 23.0 Å². The normalized spacial score (nSPS) is 11.9. The average molecular weight is 418 g/mol. The summed E-state index contributed by atoms with van der Waals surface area (Å²) in [6.45, 7) is 0.143. The number of fused-ring (bicyclic) bond motifs is 1. The molecule has 3 aromatic rings. The maximum Gasteiger partial charge on any atom is 0.343 e. The van der Waals surface area contributed by atoms with E-state index < -0.39 is 5.97 Å². The van der Waals surface area contributed by atoms with Gasteiger partial charge in [0.1, 0.15) is 11.5 Å². The zero-order valence-electron chi connectivity index (χ0n) is 16.5. The van der Waals surface area contributed by atoms with Gasteiger partial charge in [-0.15, -0.1) is 0 Å². The van der Waals surface area contributed by atoms with E-state index in [0.717, 1.165) is 5.56 Å². The Bertz CT molecular complexity index is 1120. The van der Waals surface area contributed by atoms with Crippen LogP contribution in [0.15, 0.2) is 71.8 Å². The molecule has 8 nitrogen and oxygen atoms in total. The van der Waals surface area contributed by atoms with E-state index in [1.165, 1.54) is 6.21 Å². The summed E-state index contributed by atoms with van der Waals surface area (Å²) >= 11 is 0. The third-order valence-corrected chi connectivity index (χ3v) is 4.43. The highest BCUT2D eigenvalue weighted by Gasteiger charge is 2.15. The summed E-state index contributed by atoms with van der Waals surface area (Å²) in [5.74, 6) is 1.33. The van der Waals surface area contributed by atoms with Gasteiger partial charge in [0.25, 0.3) is 5.91 Å². The van der Waals surface area contributed by atoms with Gasteiger partial charge in [-0.3, -0.25) is 4.79 Å². The van der Waals surface area contributed by atoms with Crippen molar-refractivity contribution in [3.05, 3.63) is 83.4 Å². The lowest BCUT2D eigenvalue weighted by Crippen LogP contribution is -2.17. The van der Waals surface area contributed by atoms with Crippen LogP contribution in [0.4, 0.5) is 0 Å². The number of esters is 1. The van der Waals surface area contributed by atoms with Crippen LogP contribution in [-0.4, -0.2) is 32.0 Å². The monoisotopic (exact) mass is 418 g/mol. The molecule has 0 fully saturated rings. The predicted octanol–water partition coefficient (Wildman–Crippen LogP) is 3.41. The molecule has 1 aliphatic rings. The van der Waals surface area contributed by atoms with Crippen molar-refractivity contribution in [1.29, 1.82) is 0 Å². The van der Waals surface area contributed by atoms with Gasteiger partial charge in [-0.25, -0.2) is 10.2 Å². The summed E-state index contributed by atoms with van der Waals surface area (Å²) in [6.07, 6.45) is 1.49. The van der Waals surface area contributed by atoms with E-state index in [-0.39, 0.29) is 12.7 Å². The van der Waals surface area contributed by atoms with Gasteiger partial charge in [0.15, 0.2) is 11.5 Å². The fourth-order valence-corrected chi connectivity index (χ4v) is 2.78. The van der Waals surface area contributed by atoms with Crippen LogP contribution >= 0.6 is 0 Å². The zero-order valence-corrected chi connectivity index (χ0v) is 16.5. The van der Waals surface area contributed by atoms with Gasteiger partial charge in [0.2, 0.25) is 6.79 Å². The van der Waals surface area contributed by atoms with Gasteiger partial charge < -0.3 is 18.9 Å². The molecule has 4 rings (SSSR count). The molecular weight excluding hydrogens is 400 g/mol. The second-order valence-electron chi connectivity index (χ2n) is 6.45. The quantitative estimate of drug-likeness (QED) is 0.285. The number of carbonyl (C=O) groups excluding carboxylic acids is 2. The third-order valence-electron chi connectivity index (χ3n) is 4.43. The maximum atomic E-state index is 12.2. The number of carbonyl (C=O) groups is 2. The number of nitrogens with one attached hydrogen (secondary N) is 1. The van der Waals surface area contributed by atoms with E-state index in [4.69, 9.17) is 18.9 Å². The summed E-state index contributed by atoms with van der Waals surface area (Å²) in [6, 6.07) is 18.2. The van der Waals surface area contributed by atoms with Crippen LogP contribution in [0.25, 0.3) is 0 Å². The summed E-state index contributed by atoms with van der Waals surface area (Å²) < 4.78 is 20.9. The molecule has 0 spiro atoms. The summed E-state index contributed by atoms with van der Waals surface area (Å²) in [4.78, 5) is 24.4. The lowest BCUT2D eigenvalue weighted by Gasteiger charge is -2.05. The standard InChI is InChI=1S/C23H18N2O6/c1-28-18-9-4-16(5-10-18)23(27)31-19-7-2-15(3-8-19)13-24-25-22(26)17-6-11-20-21(12-17)30-14-29-20/h2-13H,14H2,1H3,(H,25,26). The van der Waals surface area contributed by atoms with Crippen LogP contribution in [-0.2, 0) is 0 Å². The molecule has 0 aliphatic carbocycles. The lowest BCUT2D eigenvalue weighted by atomic mass is 10.2. The highest BCUT2D eigenvalue weighted by molar-refractivity contribution is 5.95. The first-order chi connectivity index (χ1) is 15.1. The lowest BCUT2D eigenvalue weighted by molar-refractivity contribution is 0.0734. The van der Waals surface area contributed by atoms with E-state index in [1.807, 2.05) is 0 Å². The molecule has 31 heavy (non-hydrogen) atoms. The average Bonchev–Trinajstić information content (AvgIpc) is 3.28. The van der Waals surface area contributed by atoms with Crippen molar-refractivity contribution in [2.75, 3.05) is 13.9 Å². The number of benzene rings is 3. The van der Waals surface area contributed by atoms with Crippen LogP contribution in [0.5, 0.6) is 23.0 Å². The molecule has 0 saturated carbocycles. The number of amides is 1. The Kier molecular flexibility index (Phi) is 5.79. The topological polar surface area (TPSA) is 95.5 Å². The van der Waals surface area contributed by atoms with Crippen molar-refractivity contribution < 1.29 is 28.5 Å². The largest absolute Gasteiger partial charge is 0.497 e. The third kappa shape index (κ3) is 4.81. The number of ether oxygens (including phenoxy) is 4. The molecule has 0 saturated heterocycles. The van der Waals surface area contributed by atoms with E-state index in [9.17, 15) is 9.59 Å². The fourth-order valence-electron chi connectivity index (χ4n) is 2.78. The Balaban J connectivity index is 1.32. The minimum atomic E-state index is -0.472.